The number of anilines is 1. The fourth-order valence-electron chi connectivity index (χ4n) is 5.56. The van der Waals surface area contributed by atoms with Crippen LogP contribution < -0.4 is 16.4 Å². The second-order valence-corrected chi connectivity index (χ2v) is 12.4. The zero-order valence-electron chi connectivity index (χ0n) is 25.1. The first-order valence-corrected chi connectivity index (χ1v) is 16.0. The minimum atomic E-state index is -0.382. The van der Waals surface area contributed by atoms with Crippen LogP contribution in [-0.2, 0) is 20.7 Å². The van der Waals surface area contributed by atoms with E-state index >= 15 is 0 Å². The van der Waals surface area contributed by atoms with Crippen LogP contribution in [-0.4, -0.2) is 44.8 Å². The van der Waals surface area contributed by atoms with Gasteiger partial charge in [0.15, 0.2) is 0 Å². The summed E-state index contributed by atoms with van der Waals surface area (Å²) in [6.45, 7) is 10.6. The predicted octanol–water partition coefficient (Wildman–Crippen LogP) is 6.55. The van der Waals surface area contributed by atoms with Crippen LogP contribution in [0.3, 0.4) is 0 Å². The van der Waals surface area contributed by atoms with Gasteiger partial charge in [-0.15, -0.1) is 0 Å². The summed E-state index contributed by atoms with van der Waals surface area (Å²) < 4.78 is 11.7. The van der Waals surface area contributed by atoms with Gasteiger partial charge in [0.05, 0.1) is 17.2 Å². The van der Waals surface area contributed by atoms with Crippen molar-refractivity contribution in [2.45, 2.75) is 78.2 Å². The molecule has 7 nitrogen and oxygen atoms in total. The number of rotatable bonds is 15. The van der Waals surface area contributed by atoms with Crippen LogP contribution >= 0.6 is 15.9 Å². The molecule has 2 unspecified atom stereocenters. The van der Waals surface area contributed by atoms with Crippen LogP contribution in [0.25, 0.3) is 0 Å². The number of halogens is 1. The van der Waals surface area contributed by atoms with Crippen LogP contribution in [0.2, 0.25) is 0 Å². The molecule has 0 heterocycles. The average Bonchev–Trinajstić information content (AvgIpc) is 2.96. The van der Waals surface area contributed by atoms with Gasteiger partial charge < -0.3 is 25.8 Å². The molecule has 0 radical (unpaired) electrons. The lowest BCUT2D eigenvalue weighted by Gasteiger charge is -2.32. The number of esters is 2. The highest BCUT2D eigenvalue weighted by Crippen LogP contribution is 2.39. The number of nitrogens with one attached hydrogen (secondary N) is 2. The van der Waals surface area contributed by atoms with E-state index in [-0.39, 0.29) is 37.1 Å². The van der Waals surface area contributed by atoms with E-state index in [4.69, 9.17) is 15.2 Å². The lowest BCUT2D eigenvalue weighted by atomic mass is 9.80. The molecule has 1 aliphatic carbocycles. The third-order valence-electron chi connectivity index (χ3n) is 7.79. The van der Waals surface area contributed by atoms with Gasteiger partial charge in [-0.05, 0) is 89.3 Å². The van der Waals surface area contributed by atoms with Crippen molar-refractivity contribution in [3.8, 4) is 0 Å². The fourth-order valence-corrected chi connectivity index (χ4v) is 6.03. The number of nitrogen functional groups attached to an aromatic ring is 1. The lowest BCUT2D eigenvalue weighted by molar-refractivity contribution is -0.144. The van der Waals surface area contributed by atoms with Gasteiger partial charge in [-0.3, -0.25) is 4.79 Å². The Morgan fingerprint density at radius 1 is 1.00 bits per heavy atom. The standard InChI is InChI=1S/C33H48BrN3O4/c1-5-37-31(26-9-7-6-8-10-26)28-20-27(21-29(34)30(28)35)33(39)41-18-16-36-15-17-40-32(38)23(4)25-13-11-24(12-14-25)19-22(2)3/h11-14,20-23,26,31,36-37H,5-10,15-19,35H2,1-4H3. The molecular formula is C33H48BrN3O4. The van der Waals surface area contributed by atoms with Gasteiger partial charge in [-0.1, -0.05) is 64.3 Å². The summed E-state index contributed by atoms with van der Waals surface area (Å²) in [5, 5.41) is 6.78. The second kappa shape index (κ2) is 16.9. The number of carbonyl (C=O) groups excluding carboxylic acids is 2. The first kappa shape index (κ1) is 33.1. The van der Waals surface area contributed by atoms with E-state index < -0.39 is 0 Å². The second-order valence-electron chi connectivity index (χ2n) is 11.5. The molecule has 1 saturated carbocycles. The van der Waals surface area contributed by atoms with Crippen LogP contribution in [0.15, 0.2) is 40.9 Å². The molecule has 2 aromatic carbocycles. The third kappa shape index (κ3) is 10.1. The Morgan fingerprint density at radius 2 is 1.66 bits per heavy atom. The highest BCUT2D eigenvalue weighted by molar-refractivity contribution is 9.10. The van der Waals surface area contributed by atoms with E-state index in [1.54, 1.807) is 6.07 Å². The van der Waals surface area contributed by atoms with Gasteiger partial charge in [-0.2, -0.15) is 0 Å². The minimum Gasteiger partial charge on any atom is -0.464 e. The molecule has 8 heteroatoms. The molecular weight excluding hydrogens is 582 g/mol. The van der Waals surface area contributed by atoms with Gasteiger partial charge >= 0.3 is 11.9 Å². The van der Waals surface area contributed by atoms with Crippen molar-refractivity contribution >= 4 is 33.6 Å². The first-order valence-electron chi connectivity index (χ1n) is 15.2. The summed E-state index contributed by atoms with van der Waals surface area (Å²) in [7, 11) is 0. The monoisotopic (exact) mass is 629 g/mol. The number of benzene rings is 2. The van der Waals surface area contributed by atoms with Crippen LogP contribution in [0.1, 0.15) is 98.8 Å². The van der Waals surface area contributed by atoms with E-state index in [1.165, 1.54) is 24.8 Å². The molecule has 0 amide bonds. The maximum atomic E-state index is 12.9. The minimum absolute atomic E-state index is 0.112. The Hall–Kier alpha value is -2.42. The van der Waals surface area contributed by atoms with Crippen LogP contribution in [0, 0.1) is 11.8 Å². The molecule has 0 spiro atoms. The summed E-state index contributed by atoms with van der Waals surface area (Å²) in [5.74, 6) is 0.147. The fraction of sp³-hybridized carbons (Fsp3) is 0.576. The summed E-state index contributed by atoms with van der Waals surface area (Å²) in [4.78, 5) is 25.4. The van der Waals surface area contributed by atoms with E-state index in [2.05, 4.69) is 59.5 Å². The highest BCUT2D eigenvalue weighted by atomic mass is 79.9. The number of carbonyl (C=O) groups is 2. The number of nitrogens with two attached hydrogens (primary N) is 1. The molecule has 2 aromatic rings. The van der Waals surface area contributed by atoms with Crippen molar-refractivity contribution in [2.75, 3.05) is 38.6 Å². The Morgan fingerprint density at radius 3 is 2.29 bits per heavy atom. The molecule has 226 valence electrons. The molecule has 41 heavy (non-hydrogen) atoms. The number of ether oxygens (including phenoxy) is 2. The quantitative estimate of drug-likeness (QED) is 0.117. The first-order chi connectivity index (χ1) is 19.7. The molecule has 3 rings (SSSR count). The zero-order valence-corrected chi connectivity index (χ0v) is 26.7. The van der Waals surface area contributed by atoms with Crippen molar-refractivity contribution < 1.29 is 19.1 Å². The molecule has 0 bridgehead atoms. The third-order valence-corrected chi connectivity index (χ3v) is 8.45. The maximum Gasteiger partial charge on any atom is 0.338 e. The molecule has 0 saturated heterocycles. The Balaban J connectivity index is 1.42. The zero-order chi connectivity index (χ0) is 29.8. The van der Waals surface area contributed by atoms with Crippen LogP contribution in [0.5, 0.6) is 0 Å². The highest BCUT2D eigenvalue weighted by Gasteiger charge is 2.28. The summed E-state index contributed by atoms with van der Waals surface area (Å²) in [6.07, 6.45) is 7.09. The Labute approximate surface area is 254 Å². The van der Waals surface area contributed by atoms with E-state index in [9.17, 15) is 9.59 Å². The summed E-state index contributed by atoms with van der Waals surface area (Å²) >= 11 is 3.55. The smallest absolute Gasteiger partial charge is 0.338 e. The number of hydrogen-bond acceptors (Lipinski definition) is 7. The van der Waals surface area contributed by atoms with E-state index in [0.717, 1.165) is 36.9 Å². The predicted molar refractivity (Wildman–Crippen MR) is 169 cm³/mol. The van der Waals surface area contributed by atoms with Crippen molar-refractivity contribution in [2.24, 2.45) is 11.8 Å². The Kier molecular flexibility index (Phi) is 13.6. The van der Waals surface area contributed by atoms with Crippen molar-refractivity contribution in [1.82, 2.24) is 10.6 Å². The lowest BCUT2D eigenvalue weighted by Crippen LogP contribution is -2.30. The largest absolute Gasteiger partial charge is 0.464 e. The Bertz CT molecular complexity index is 1120. The van der Waals surface area contributed by atoms with E-state index in [1.807, 2.05) is 25.1 Å². The number of hydrogen-bond donors (Lipinski definition) is 3. The van der Waals surface area contributed by atoms with Crippen molar-refractivity contribution in [1.29, 1.82) is 0 Å². The molecule has 1 aliphatic rings. The summed E-state index contributed by atoms with van der Waals surface area (Å²) in [6, 6.07) is 11.9. The van der Waals surface area contributed by atoms with Gasteiger partial charge in [0.25, 0.3) is 0 Å². The summed E-state index contributed by atoms with van der Waals surface area (Å²) in [5.41, 5.74) is 10.8. The van der Waals surface area contributed by atoms with Crippen LogP contribution in [0.4, 0.5) is 5.69 Å². The van der Waals surface area contributed by atoms with Gasteiger partial charge in [0, 0.05) is 23.6 Å². The normalized spacial score (nSPS) is 15.5. The molecule has 0 aromatic heterocycles. The van der Waals surface area contributed by atoms with Gasteiger partial charge in [0.2, 0.25) is 0 Å². The SMILES string of the molecule is CCNC(c1cc(C(=O)OCCNCCOC(=O)C(C)c2ccc(CC(C)C)cc2)cc(Br)c1N)C1CCCCC1. The van der Waals surface area contributed by atoms with Gasteiger partial charge in [0.1, 0.15) is 13.2 Å². The maximum absolute atomic E-state index is 12.9. The van der Waals surface area contributed by atoms with Gasteiger partial charge in [-0.25, -0.2) is 4.79 Å². The molecule has 1 fully saturated rings. The van der Waals surface area contributed by atoms with Crippen molar-refractivity contribution in [3.63, 3.8) is 0 Å². The molecule has 2 atom stereocenters. The topological polar surface area (TPSA) is 103 Å². The average molecular weight is 631 g/mol. The molecule has 4 N–H and O–H groups in total. The van der Waals surface area contributed by atoms with E-state index in [0.29, 0.717) is 40.6 Å². The molecule has 0 aliphatic heterocycles. The van der Waals surface area contributed by atoms with Crippen molar-refractivity contribution in [3.05, 3.63) is 63.1 Å².